The first kappa shape index (κ1) is 13.3. The van der Waals surface area contributed by atoms with Gasteiger partial charge in [0.2, 0.25) is 5.91 Å². The van der Waals surface area contributed by atoms with Gasteiger partial charge in [-0.2, -0.15) is 0 Å². The molecule has 1 unspecified atom stereocenters. The molecule has 5 heteroatoms. The van der Waals surface area contributed by atoms with Crippen molar-refractivity contribution in [2.24, 2.45) is 0 Å². The molecule has 18 heavy (non-hydrogen) atoms. The lowest BCUT2D eigenvalue weighted by atomic mass is 10.2. The monoisotopic (exact) mass is 358 g/mol. The van der Waals surface area contributed by atoms with E-state index in [9.17, 15) is 9.59 Å². The van der Waals surface area contributed by atoms with Crippen LogP contribution in [0.25, 0.3) is 0 Å². The third-order valence-corrected chi connectivity index (χ3v) is 3.60. The van der Waals surface area contributed by atoms with E-state index in [2.05, 4.69) is 27.9 Å². The van der Waals surface area contributed by atoms with Gasteiger partial charge in [-0.3, -0.25) is 14.5 Å². The fraction of sp³-hybridized carbons (Fsp3) is 0.385. The number of hydrogen-bond donors (Lipinski definition) is 1. The van der Waals surface area contributed by atoms with Gasteiger partial charge in [0.1, 0.15) is 6.04 Å². The van der Waals surface area contributed by atoms with E-state index in [0.717, 1.165) is 9.26 Å². The molecule has 1 aliphatic rings. The molecule has 2 amide bonds. The molecule has 0 aromatic heterocycles. The van der Waals surface area contributed by atoms with Crippen molar-refractivity contribution in [2.75, 3.05) is 5.32 Å². The van der Waals surface area contributed by atoms with Crippen molar-refractivity contribution in [3.63, 3.8) is 0 Å². The summed E-state index contributed by atoms with van der Waals surface area (Å²) in [7, 11) is 0. The van der Waals surface area contributed by atoms with Crippen LogP contribution in [0, 0.1) is 3.57 Å². The zero-order chi connectivity index (χ0) is 13.3. The van der Waals surface area contributed by atoms with Crippen LogP contribution in [0.5, 0.6) is 0 Å². The lowest BCUT2D eigenvalue weighted by molar-refractivity contribution is -0.140. The first-order valence-electron chi connectivity index (χ1n) is 5.87. The van der Waals surface area contributed by atoms with E-state index in [4.69, 9.17) is 0 Å². The van der Waals surface area contributed by atoms with E-state index in [0.29, 0.717) is 0 Å². The predicted octanol–water partition coefficient (Wildman–Crippen LogP) is 2.24. The maximum absolute atomic E-state index is 12.1. The second-order valence-corrected chi connectivity index (χ2v) is 5.85. The number of imide groups is 1. The first-order chi connectivity index (χ1) is 8.49. The number of carbonyl (C=O) groups is 2. The molecule has 1 aliphatic heterocycles. The lowest BCUT2D eigenvalue weighted by Crippen LogP contribution is -2.39. The van der Waals surface area contributed by atoms with Gasteiger partial charge in [0.15, 0.2) is 0 Å². The number of benzene rings is 1. The van der Waals surface area contributed by atoms with Gasteiger partial charge in [-0.25, -0.2) is 0 Å². The average molecular weight is 358 g/mol. The number of nitrogens with one attached hydrogen (secondary N) is 1. The molecule has 1 fully saturated rings. The number of rotatable bonds is 3. The highest BCUT2D eigenvalue weighted by atomic mass is 127. The normalized spacial score (nSPS) is 19.8. The van der Waals surface area contributed by atoms with Gasteiger partial charge < -0.3 is 5.32 Å². The van der Waals surface area contributed by atoms with Gasteiger partial charge in [-0.15, -0.1) is 0 Å². The Kier molecular flexibility index (Phi) is 3.89. The molecule has 2 rings (SSSR count). The third-order valence-electron chi connectivity index (χ3n) is 2.88. The quantitative estimate of drug-likeness (QED) is 0.666. The van der Waals surface area contributed by atoms with E-state index < -0.39 is 6.04 Å². The number of halogens is 1. The molecule has 1 saturated heterocycles. The second-order valence-electron chi connectivity index (χ2n) is 4.60. The largest absolute Gasteiger partial charge is 0.373 e. The standard InChI is InChI=1S/C13H15IN2O2/c1-8(2)16-12(17)7-11(13(16)18)15-10-5-3-9(14)4-6-10/h3-6,8,11,15H,7H2,1-2H3. The Labute approximate surface area is 120 Å². The first-order valence-corrected chi connectivity index (χ1v) is 6.95. The Bertz CT molecular complexity index is 470. The summed E-state index contributed by atoms with van der Waals surface area (Å²) >= 11 is 2.22. The molecule has 1 N–H and O–H groups in total. The number of anilines is 1. The van der Waals surface area contributed by atoms with Gasteiger partial charge in [-0.1, -0.05) is 0 Å². The van der Waals surface area contributed by atoms with E-state index in [1.165, 1.54) is 4.90 Å². The summed E-state index contributed by atoms with van der Waals surface area (Å²) in [6.07, 6.45) is 0.239. The molecular formula is C13H15IN2O2. The second kappa shape index (κ2) is 5.26. The Hall–Kier alpha value is -1.11. The maximum Gasteiger partial charge on any atom is 0.252 e. The molecule has 1 heterocycles. The van der Waals surface area contributed by atoms with E-state index in [1.807, 2.05) is 38.1 Å². The Morgan fingerprint density at radius 1 is 1.28 bits per heavy atom. The van der Waals surface area contributed by atoms with Crippen LogP contribution >= 0.6 is 22.6 Å². The summed E-state index contributed by atoms with van der Waals surface area (Å²) in [5.74, 6) is -0.230. The molecule has 4 nitrogen and oxygen atoms in total. The third kappa shape index (κ3) is 2.66. The average Bonchev–Trinajstić information content (AvgIpc) is 2.57. The lowest BCUT2D eigenvalue weighted by Gasteiger charge is -2.19. The fourth-order valence-corrected chi connectivity index (χ4v) is 2.41. The number of nitrogens with zero attached hydrogens (tertiary/aromatic N) is 1. The molecule has 1 atom stereocenters. The molecule has 0 aliphatic carbocycles. The van der Waals surface area contributed by atoms with Gasteiger partial charge >= 0.3 is 0 Å². The van der Waals surface area contributed by atoms with Crippen LogP contribution in [0.1, 0.15) is 20.3 Å². The summed E-state index contributed by atoms with van der Waals surface area (Å²) in [6.45, 7) is 3.70. The van der Waals surface area contributed by atoms with Crippen molar-refractivity contribution < 1.29 is 9.59 Å². The Morgan fingerprint density at radius 2 is 1.89 bits per heavy atom. The Balaban J connectivity index is 2.10. The topological polar surface area (TPSA) is 49.4 Å². The van der Waals surface area contributed by atoms with Crippen molar-refractivity contribution >= 4 is 40.1 Å². The van der Waals surface area contributed by atoms with Crippen LogP contribution in [0.2, 0.25) is 0 Å². The smallest absolute Gasteiger partial charge is 0.252 e. The molecule has 0 bridgehead atoms. The number of amides is 2. The van der Waals surface area contributed by atoms with Crippen molar-refractivity contribution in [1.29, 1.82) is 0 Å². The van der Waals surface area contributed by atoms with Crippen LogP contribution in [0.4, 0.5) is 5.69 Å². The van der Waals surface area contributed by atoms with E-state index in [-0.39, 0.29) is 24.3 Å². The summed E-state index contributed by atoms with van der Waals surface area (Å²) in [4.78, 5) is 25.2. The fourth-order valence-electron chi connectivity index (χ4n) is 2.05. The van der Waals surface area contributed by atoms with Gasteiger partial charge in [0, 0.05) is 15.3 Å². The highest BCUT2D eigenvalue weighted by Gasteiger charge is 2.39. The SMILES string of the molecule is CC(C)N1C(=O)CC(Nc2ccc(I)cc2)C1=O. The van der Waals surface area contributed by atoms with Crippen LogP contribution in [0.3, 0.4) is 0 Å². The van der Waals surface area contributed by atoms with Gasteiger partial charge in [-0.05, 0) is 60.7 Å². The van der Waals surface area contributed by atoms with E-state index in [1.54, 1.807) is 0 Å². The minimum Gasteiger partial charge on any atom is -0.373 e. The Morgan fingerprint density at radius 3 is 2.39 bits per heavy atom. The van der Waals surface area contributed by atoms with Crippen LogP contribution in [0.15, 0.2) is 24.3 Å². The molecule has 0 saturated carbocycles. The minimum atomic E-state index is -0.431. The highest BCUT2D eigenvalue weighted by Crippen LogP contribution is 2.20. The number of hydrogen-bond acceptors (Lipinski definition) is 3. The van der Waals surface area contributed by atoms with E-state index >= 15 is 0 Å². The maximum atomic E-state index is 12.1. The summed E-state index contributed by atoms with van der Waals surface area (Å²) in [5.41, 5.74) is 0.868. The highest BCUT2D eigenvalue weighted by molar-refractivity contribution is 14.1. The molecular weight excluding hydrogens is 343 g/mol. The summed E-state index contributed by atoms with van der Waals surface area (Å²) in [5, 5.41) is 3.12. The summed E-state index contributed by atoms with van der Waals surface area (Å²) < 4.78 is 1.13. The molecule has 0 spiro atoms. The zero-order valence-corrected chi connectivity index (χ0v) is 12.5. The molecule has 1 aromatic carbocycles. The van der Waals surface area contributed by atoms with Crippen LogP contribution in [-0.2, 0) is 9.59 Å². The number of carbonyl (C=O) groups excluding carboxylic acids is 2. The number of likely N-dealkylation sites (tertiary alicyclic amines) is 1. The van der Waals surface area contributed by atoms with Crippen LogP contribution < -0.4 is 5.32 Å². The van der Waals surface area contributed by atoms with Crippen molar-refractivity contribution in [2.45, 2.75) is 32.4 Å². The van der Waals surface area contributed by atoms with Crippen molar-refractivity contribution in [1.82, 2.24) is 4.90 Å². The summed E-state index contributed by atoms with van der Waals surface area (Å²) in [6, 6.07) is 7.25. The van der Waals surface area contributed by atoms with Crippen molar-refractivity contribution in [3.8, 4) is 0 Å². The predicted molar refractivity (Wildman–Crippen MR) is 78.2 cm³/mol. The molecule has 96 valence electrons. The van der Waals surface area contributed by atoms with Gasteiger partial charge in [0.25, 0.3) is 5.91 Å². The minimum absolute atomic E-state index is 0.0754. The van der Waals surface area contributed by atoms with Crippen LogP contribution in [-0.4, -0.2) is 28.8 Å². The zero-order valence-electron chi connectivity index (χ0n) is 10.3. The van der Waals surface area contributed by atoms with Gasteiger partial charge in [0.05, 0.1) is 6.42 Å². The molecule has 0 radical (unpaired) electrons. The van der Waals surface area contributed by atoms with Crippen molar-refractivity contribution in [3.05, 3.63) is 27.8 Å². The molecule has 1 aromatic rings.